The number of halogens is 2. The fourth-order valence-electron chi connectivity index (χ4n) is 2.83. The highest BCUT2D eigenvalue weighted by Crippen LogP contribution is 2.26. The number of nitrogens with zero attached hydrogens (tertiary/aromatic N) is 3. The van der Waals surface area contributed by atoms with Gasteiger partial charge in [0.2, 0.25) is 10.0 Å². The summed E-state index contributed by atoms with van der Waals surface area (Å²) in [6, 6.07) is 12.9. The van der Waals surface area contributed by atoms with Crippen LogP contribution in [0.1, 0.15) is 5.56 Å². The second-order valence-electron chi connectivity index (χ2n) is 5.59. The molecule has 1 aliphatic heterocycles. The van der Waals surface area contributed by atoms with Crippen LogP contribution in [-0.4, -0.2) is 38.9 Å². The van der Waals surface area contributed by atoms with Gasteiger partial charge in [-0.05, 0) is 30.3 Å². The summed E-state index contributed by atoms with van der Waals surface area (Å²) in [5.41, 5.74) is 0.493. The first-order valence-electron chi connectivity index (χ1n) is 7.63. The number of hydrogen-bond donors (Lipinski definition) is 0. The van der Waals surface area contributed by atoms with Crippen LogP contribution in [0.4, 0.5) is 10.1 Å². The molecule has 0 aliphatic carbocycles. The molecule has 1 fully saturated rings. The lowest BCUT2D eigenvalue weighted by Gasteiger charge is -2.35. The number of benzene rings is 2. The highest BCUT2D eigenvalue weighted by molar-refractivity contribution is 9.10. The van der Waals surface area contributed by atoms with Crippen LogP contribution in [0.5, 0.6) is 0 Å². The zero-order chi connectivity index (χ0) is 18.0. The molecule has 8 heteroatoms. The highest BCUT2D eigenvalue weighted by atomic mass is 79.9. The van der Waals surface area contributed by atoms with Gasteiger partial charge in [0.05, 0.1) is 10.6 Å². The predicted molar refractivity (Wildman–Crippen MR) is 96.2 cm³/mol. The zero-order valence-electron chi connectivity index (χ0n) is 13.2. The van der Waals surface area contributed by atoms with Crippen molar-refractivity contribution in [3.63, 3.8) is 0 Å². The Labute approximate surface area is 154 Å². The molecule has 0 atom stereocenters. The Hall–Kier alpha value is -1.95. The molecular weight excluding hydrogens is 409 g/mol. The van der Waals surface area contributed by atoms with Crippen LogP contribution >= 0.6 is 15.9 Å². The van der Waals surface area contributed by atoms with Gasteiger partial charge in [-0.15, -0.1) is 0 Å². The molecular formula is C17H15BrFN3O2S. The number of anilines is 1. The first-order chi connectivity index (χ1) is 11.9. The molecule has 0 aromatic heterocycles. The van der Waals surface area contributed by atoms with Crippen LogP contribution in [0.15, 0.2) is 51.8 Å². The van der Waals surface area contributed by atoms with E-state index in [4.69, 9.17) is 5.26 Å². The zero-order valence-corrected chi connectivity index (χ0v) is 15.6. The third-order valence-corrected chi connectivity index (χ3v) is 6.50. The van der Waals surface area contributed by atoms with Crippen molar-refractivity contribution >= 4 is 31.6 Å². The van der Waals surface area contributed by atoms with Gasteiger partial charge in [0.15, 0.2) is 0 Å². The van der Waals surface area contributed by atoms with Crippen LogP contribution < -0.4 is 4.90 Å². The van der Waals surface area contributed by atoms with Crippen molar-refractivity contribution < 1.29 is 12.8 Å². The van der Waals surface area contributed by atoms with Crippen molar-refractivity contribution in [1.82, 2.24) is 4.31 Å². The molecule has 2 aromatic carbocycles. The minimum atomic E-state index is -3.58. The lowest BCUT2D eigenvalue weighted by molar-refractivity contribution is 0.384. The van der Waals surface area contributed by atoms with E-state index in [1.54, 1.807) is 36.4 Å². The summed E-state index contributed by atoms with van der Waals surface area (Å²) in [5, 5.41) is 9.16. The smallest absolute Gasteiger partial charge is 0.243 e. The molecule has 5 nitrogen and oxygen atoms in total. The minimum absolute atomic E-state index is 0.00852. The number of rotatable bonds is 3. The van der Waals surface area contributed by atoms with Gasteiger partial charge in [-0.25, -0.2) is 12.8 Å². The van der Waals surface area contributed by atoms with Crippen LogP contribution in [0.2, 0.25) is 0 Å². The van der Waals surface area contributed by atoms with Gasteiger partial charge >= 0.3 is 0 Å². The first kappa shape index (κ1) is 17.9. The van der Waals surface area contributed by atoms with Gasteiger partial charge in [-0.2, -0.15) is 9.57 Å². The minimum Gasteiger partial charge on any atom is -0.368 e. The van der Waals surface area contributed by atoms with Crippen LogP contribution in [0.25, 0.3) is 0 Å². The molecule has 1 saturated heterocycles. The molecule has 0 N–H and O–H groups in total. The number of sulfonamides is 1. The molecule has 1 heterocycles. The van der Waals surface area contributed by atoms with Gasteiger partial charge < -0.3 is 4.90 Å². The second kappa shape index (κ2) is 7.12. The van der Waals surface area contributed by atoms with Crippen LogP contribution in [0, 0.1) is 17.1 Å². The van der Waals surface area contributed by atoms with Gasteiger partial charge in [0.1, 0.15) is 17.4 Å². The van der Waals surface area contributed by atoms with E-state index in [1.165, 1.54) is 10.4 Å². The molecule has 0 amide bonds. The standard InChI is InChI=1S/C17H15BrFN3O2S/c18-13-3-1-4-14(11-13)25(23,24)22-9-7-21(8-10-22)17-6-2-5-16(19)15(17)12-20/h1-6,11H,7-10H2. The number of hydrogen-bond acceptors (Lipinski definition) is 4. The maximum atomic E-state index is 13.8. The van der Waals surface area contributed by atoms with E-state index in [0.717, 1.165) is 0 Å². The molecule has 1 aliphatic rings. The van der Waals surface area contributed by atoms with Gasteiger partial charge in [-0.1, -0.05) is 28.1 Å². The van der Waals surface area contributed by atoms with E-state index in [9.17, 15) is 12.8 Å². The van der Waals surface area contributed by atoms with E-state index in [0.29, 0.717) is 23.2 Å². The van der Waals surface area contributed by atoms with Crippen molar-refractivity contribution in [1.29, 1.82) is 5.26 Å². The molecule has 0 saturated carbocycles. The predicted octanol–water partition coefficient (Wildman–Crippen LogP) is 2.97. The monoisotopic (exact) mass is 423 g/mol. The third kappa shape index (κ3) is 3.54. The summed E-state index contributed by atoms with van der Waals surface area (Å²) >= 11 is 3.28. The largest absolute Gasteiger partial charge is 0.368 e. The summed E-state index contributed by atoms with van der Waals surface area (Å²) in [5.74, 6) is -0.566. The van der Waals surface area contributed by atoms with Crippen molar-refractivity contribution in [2.45, 2.75) is 4.90 Å². The molecule has 0 bridgehead atoms. The lowest BCUT2D eigenvalue weighted by Crippen LogP contribution is -2.48. The second-order valence-corrected chi connectivity index (χ2v) is 8.45. The van der Waals surface area contributed by atoms with Crippen molar-refractivity contribution in [3.05, 3.63) is 58.3 Å². The average Bonchev–Trinajstić information content (AvgIpc) is 2.61. The summed E-state index contributed by atoms with van der Waals surface area (Å²) < 4.78 is 41.4. The van der Waals surface area contributed by atoms with Crippen molar-refractivity contribution in [2.75, 3.05) is 31.1 Å². The number of piperazine rings is 1. The van der Waals surface area contributed by atoms with E-state index in [-0.39, 0.29) is 23.5 Å². The molecule has 3 rings (SSSR count). The van der Waals surface area contributed by atoms with Gasteiger partial charge in [-0.3, -0.25) is 0 Å². The maximum Gasteiger partial charge on any atom is 0.243 e. The molecule has 130 valence electrons. The Morgan fingerprint density at radius 3 is 2.40 bits per heavy atom. The highest BCUT2D eigenvalue weighted by Gasteiger charge is 2.29. The van der Waals surface area contributed by atoms with E-state index < -0.39 is 15.8 Å². The molecule has 0 radical (unpaired) electrons. The first-order valence-corrected chi connectivity index (χ1v) is 9.86. The Balaban J connectivity index is 1.79. The Morgan fingerprint density at radius 2 is 1.76 bits per heavy atom. The summed E-state index contributed by atoms with van der Waals surface area (Å²) in [4.78, 5) is 2.08. The quantitative estimate of drug-likeness (QED) is 0.760. The topological polar surface area (TPSA) is 64.4 Å². The number of nitriles is 1. The fraction of sp³-hybridized carbons (Fsp3) is 0.235. The van der Waals surface area contributed by atoms with Crippen LogP contribution in [0.3, 0.4) is 0 Å². The van der Waals surface area contributed by atoms with E-state index >= 15 is 0 Å². The summed E-state index contributed by atoms with van der Waals surface area (Å²) in [6.07, 6.45) is 0. The lowest BCUT2D eigenvalue weighted by atomic mass is 10.1. The van der Waals surface area contributed by atoms with Crippen molar-refractivity contribution in [2.24, 2.45) is 0 Å². The summed E-state index contributed by atoms with van der Waals surface area (Å²) in [6.45, 7) is 1.34. The molecule has 0 spiro atoms. The maximum absolute atomic E-state index is 13.8. The molecule has 2 aromatic rings. The molecule has 0 unspecified atom stereocenters. The van der Waals surface area contributed by atoms with Gasteiger partial charge in [0.25, 0.3) is 0 Å². The van der Waals surface area contributed by atoms with Crippen LogP contribution in [-0.2, 0) is 10.0 Å². The average molecular weight is 424 g/mol. The molecule has 25 heavy (non-hydrogen) atoms. The SMILES string of the molecule is N#Cc1c(F)cccc1N1CCN(S(=O)(=O)c2cccc(Br)c2)CC1. The fourth-order valence-corrected chi connectivity index (χ4v) is 4.85. The van der Waals surface area contributed by atoms with Gasteiger partial charge in [0, 0.05) is 30.7 Å². The summed E-state index contributed by atoms with van der Waals surface area (Å²) in [7, 11) is -3.58. The Morgan fingerprint density at radius 1 is 1.08 bits per heavy atom. The Bertz CT molecular complexity index is 935. The Kier molecular flexibility index (Phi) is 5.08. The third-order valence-electron chi connectivity index (χ3n) is 4.12. The van der Waals surface area contributed by atoms with E-state index in [2.05, 4.69) is 15.9 Å². The van der Waals surface area contributed by atoms with Crippen molar-refractivity contribution in [3.8, 4) is 6.07 Å². The normalized spacial score (nSPS) is 15.8. The van der Waals surface area contributed by atoms with E-state index in [1.807, 2.05) is 11.0 Å².